The minimum Gasteiger partial charge on any atom is -0.478 e. The number of piperazine rings is 1. The third-order valence-corrected chi connectivity index (χ3v) is 10.2. The van der Waals surface area contributed by atoms with E-state index in [-0.39, 0.29) is 64.0 Å². The van der Waals surface area contributed by atoms with Crippen molar-refractivity contribution in [1.29, 1.82) is 0 Å². The Morgan fingerprint density at radius 2 is 1.72 bits per heavy atom. The summed E-state index contributed by atoms with van der Waals surface area (Å²) in [6.45, 7) is 5.90. The maximum absolute atomic E-state index is 15.7. The Labute approximate surface area is 277 Å². The Hall–Kier alpha value is -3.57. The number of para-hydroxylation sites is 1. The van der Waals surface area contributed by atoms with Crippen LogP contribution < -0.4 is 14.5 Å². The highest BCUT2D eigenvalue weighted by molar-refractivity contribution is 6.40. The summed E-state index contributed by atoms with van der Waals surface area (Å²) in [5.41, 5.74) is 2.88. The molecule has 46 heavy (non-hydrogen) atoms. The molecular weight excluding hydrogens is 634 g/mol. The van der Waals surface area contributed by atoms with Gasteiger partial charge in [0.15, 0.2) is 6.73 Å². The lowest BCUT2D eigenvalue weighted by atomic mass is 9.96. The van der Waals surface area contributed by atoms with Crippen molar-refractivity contribution in [1.82, 2.24) is 9.80 Å². The standard InChI is InChI=1S/C34H35Cl2FN4O5/c1-19-14-38(2)8-9-40(19)23-10-27(35)31(28(36)11-23)33(42)39-15-20-4-3-5-24(32(20)46-18-39)25-13-30(26(34(43)44)12-29(25)37)41-21-6-7-22(41)17-45-16-21/h3-5,10-13,19,21-22H,6-9,14-18H2,1-2H3,(H,43,44)/t19-,21?,22?/m0/s1. The van der Waals surface area contributed by atoms with Gasteiger partial charge < -0.3 is 34.2 Å². The van der Waals surface area contributed by atoms with E-state index in [0.29, 0.717) is 35.8 Å². The van der Waals surface area contributed by atoms with E-state index < -0.39 is 11.8 Å². The summed E-state index contributed by atoms with van der Waals surface area (Å²) in [5.74, 6) is -1.77. The Morgan fingerprint density at radius 3 is 2.39 bits per heavy atom. The number of amides is 1. The van der Waals surface area contributed by atoms with Crippen molar-refractivity contribution in [2.45, 2.75) is 44.4 Å². The molecule has 2 bridgehead atoms. The Bertz CT molecular complexity index is 1680. The van der Waals surface area contributed by atoms with Gasteiger partial charge in [-0.1, -0.05) is 41.4 Å². The van der Waals surface area contributed by atoms with Gasteiger partial charge >= 0.3 is 5.97 Å². The first kappa shape index (κ1) is 31.1. The van der Waals surface area contributed by atoms with Crippen molar-refractivity contribution in [3.63, 3.8) is 0 Å². The van der Waals surface area contributed by atoms with Crippen molar-refractivity contribution >= 4 is 46.5 Å². The molecule has 242 valence electrons. The van der Waals surface area contributed by atoms with Gasteiger partial charge in [-0.25, -0.2) is 9.18 Å². The number of nitrogens with zero attached hydrogens (tertiary/aromatic N) is 4. The van der Waals surface area contributed by atoms with Crippen molar-refractivity contribution in [2.75, 3.05) is 56.4 Å². The summed E-state index contributed by atoms with van der Waals surface area (Å²) in [6, 6.07) is 12.0. The second-order valence-electron chi connectivity index (χ2n) is 12.6. The molecule has 3 atom stereocenters. The molecule has 2 unspecified atom stereocenters. The van der Waals surface area contributed by atoms with Crippen LogP contribution in [0, 0.1) is 5.82 Å². The van der Waals surface area contributed by atoms with E-state index in [1.54, 1.807) is 30.3 Å². The summed E-state index contributed by atoms with van der Waals surface area (Å²) in [6.07, 6.45) is 1.77. The van der Waals surface area contributed by atoms with Crippen LogP contribution in [0.25, 0.3) is 11.1 Å². The van der Waals surface area contributed by atoms with Gasteiger partial charge in [-0.3, -0.25) is 4.79 Å². The number of benzene rings is 3. The maximum Gasteiger partial charge on any atom is 0.337 e. The van der Waals surface area contributed by atoms with Gasteiger partial charge in [0.1, 0.15) is 11.6 Å². The zero-order valence-electron chi connectivity index (χ0n) is 25.6. The molecule has 0 spiro atoms. The van der Waals surface area contributed by atoms with Crippen LogP contribution in [0.5, 0.6) is 5.75 Å². The molecule has 1 amide bonds. The second kappa shape index (κ2) is 12.2. The van der Waals surface area contributed by atoms with Crippen LogP contribution in [0.3, 0.4) is 0 Å². The van der Waals surface area contributed by atoms with Gasteiger partial charge in [-0.05, 0) is 51.1 Å². The van der Waals surface area contributed by atoms with E-state index in [1.165, 1.54) is 4.90 Å². The van der Waals surface area contributed by atoms with Crippen LogP contribution in [0.4, 0.5) is 15.8 Å². The molecule has 0 aliphatic carbocycles. The zero-order chi connectivity index (χ0) is 32.3. The van der Waals surface area contributed by atoms with Crippen molar-refractivity contribution in [3.05, 3.63) is 75.0 Å². The number of fused-ring (bicyclic) bond motifs is 3. The van der Waals surface area contributed by atoms with Crippen molar-refractivity contribution in [3.8, 4) is 16.9 Å². The van der Waals surface area contributed by atoms with Gasteiger partial charge in [0.05, 0.1) is 58.7 Å². The lowest BCUT2D eigenvalue weighted by Gasteiger charge is -2.40. The highest BCUT2D eigenvalue weighted by Gasteiger charge is 2.40. The minimum absolute atomic E-state index is 0.0355. The monoisotopic (exact) mass is 668 g/mol. The molecule has 3 fully saturated rings. The van der Waals surface area contributed by atoms with E-state index in [2.05, 4.69) is 28.7 Å². The first-order valence-corrected chi connectivity index (χ1v) is 16.3. The maximum atomic E-state index is 15.7. The fourth-order valence-electron chi connectivity index (χ4n) is 7.40. The molecule has 0 aromatic heterocycles. The molecule has 4 heterocycles. The number of carboxylic acids is 1. The molecule has 7 rings (SSSR count). The summed E-state index contributed by atoms with van der Waals surface area (Å²) < 4.78 is 27.5. The minimum atomic E-state index is -1.18. The summed E-state index contributed by atoms with van der Waals surface area (Å²) in [5, 5.41) is 10.5. The summed E-state index contributed by atoms with van der Waals surface area (Å²) >= 11 is 13.4. The predicted molar refractivity (Wildman–Crippen MR) is 175 cm³/mol. The number of hydrogen-bond acceptors (Lipinski definition) is 7. The molecule has 0 radical (unpaired) electrons. The van der Waals surface area contributed by atoms with E-state index in [9.17, 15) is 14.7 Å². The SMILES string of the molecule is C[C@H]1CN(C)CCN1c1cc(Cl)c(C(=O)N2COc3c(cccc3-c3cc(N4C5CCC4COC5)c(C(=O)O)cc3F)C2)c(Cl)c1. The summed E-state index contributed by atoms with van der Waals surface area (Å²) in [4.78, 5) is 34.1. The number of carboxylic acid groups (broad SMARTS) is 1. The van der Waals surface area contributed by atoms with Crippen LogP contribution in [0.15, 0.2) is 42.5 Å². The van der Waals surface area contributed by atoms with Crippen LogP contribution in [0.2, 0.25) is 10.0 Å². The molecular formula is C34H35Cl2FN4O5. The van der Waals surface area contributed by atoms with Crippen LogP contribution in [-0.4, -0.2) is 91.5 Å². The number of ether oxygens (including phenoxy) is 2. The van der Waals surface area contributed by atoms with E-state index in [4.69, 9.17) is 32.7 Å². The van der Waals surface area contributed by atoms with Crippen molar-refractivity contribution in [2.24, 2.45) is 0 Å². The molecule has 3 aromatic rings. The molecule has 3 saturated heterocycles. The van der Waals surface area contributed by atoms with E-state index in [1.807, 2.05) is 6.07 Å². The Kier molecular flexibility index (Phi) is 8.25. The number of rotatable bonds is 5. The predicted octanol–water partition coefficient (Wildman–Crippen LogP) is 6.00. The first-order chi connectivity index (χ1) is 22.1. The average Bonchev–Trinajstić information content (AvgIpc) is 3.26. The zero-order valence-corrected chi connectivity index (χ0v) is 27.2. The number of aromatic carboxylic acids is 1. The number of carbonyl (C=O) groups is 2. The number of likely N-dealkylation sites (N-methyl/N-ethyl adjacent to an activating group) is 1. The number of halogens is 3. The molecule has 12 heteroatoms. The molecule has 1 N–H and O–H groups in total. The van der Waals surface area contributed by atoms with Crippen molar-refractivity contribution < 1.29 is 28.6 Å². The Balaban J connectivity index is 1.17. The van der Waals surface area contributed by atoms with E-state index >= 15 is 4.39 Å². The topological polar surface area (TPSA) is 85.8 Å². The summed E-state index contributed by atoms with van der Waals surface area (Å²) in [7, 11) is 2.09. The lowest BCUT2D eigenvalue weighted by Crippen LogP contribution is -2.50. The molecule has 4 aliphatic heterocycles. The van der Waals surface area contributed by atoms with Gasteiger partial charge in [0.2, 0.25) is 0 Å². The van der Waals surface area contributed by atoms with Crippen LogP contribution in [0.1, 0.15) is 46.0 Å². The molecule has 3 aromatic carbocycles. The lowest BCUT2D eigenvalue weighted by molar-refractivity contribution is 0.0516. The smallest absolute Gasteiger partial charge is 0.337 e. The highest BCUT2D eigenvalue weighted by atomic mass is 35.5. The fraction of sp³-hybridized carbons (Fsp3) is 0.412. The second-order valence-corrected chi connectivity index (χ2v) is 13.5. The van der Waals surface area contributed by atoms with Crippen LogP contribution >= 0.6 is 23.2 Å². The number of anilines is 2. The fourth-order valence-corrected chi connectivity index (χ4v) is 8.04. The largest absolute Gasteiger partial charge is 0.478 e. The average molecular weight is 670 g/mol. The quantitative estimate of drug-likeness (QED) is 0.355. The van der Waals surface area contributed by atoms with Gasteiger partial charge in [0.25, 0.3) is 5.91 Å². The van der Waals surface area contributed by atoms with Gasteiger partial charge in [-0.15, -0.1) is 0 Å². The number of carbonyl (C=O) groups excluding carboxylic acids is 1. The van der Waals surface area contributed by atoms with Gasteiger partial charge in [0, 0.05) is 48.1 Å². The molecule has 9 nitrogen and oxygen atoms in total. The number of hydrogen-bond donors (Lipinski definition) is 1. The first-order valence-electron chi connectivity index (χ1n) is 15.5. The third-order valence-electron chi connectivity index (χ3n) is 9.64. The highest BCUT2D eigenvalue weighted by Crippen LogP contribution is 2.43. The Morgan fingerprint density at radius 1 is 1.00 bits per heavy atom. The molecule has 4 aliphatic rings. The normalized spacial score (nSPS) is 22.9. The molecule has 0 saturated carbocycles. The third kappa shape index (κ3) is 5.45. The van der Waals surface area contributed by atoms with Gasteiger partial charge in [-0.2, -0.15) is 0 Å². The van der Waals surface area contributed by atoms with E-state index in [0.717, 1.165) is 44.2 Å². The van der Waals surface area contributed by atoms with Crippen LogP contribution in [-0.2, 0) is 11.3 Å². The number of morpholine rings is 1.